The molecule has 7 rings (SSSR count). The van der Waals surface area contributed by atoms with Crippen molar-refractivity contribution in [1.82, 2.24) is 19.8 Å². The molecule has 2 aliphatic carbocycles. The highest BCUT2D eigenvalue weighted by molar-refractivity contribution is 6.90. The van der Waals surface area contributed by atoms with Gasteiger partial charge in [0.15, 0.2) is 0 Å². The van der Waals surface area contributed by atoms with Crippen LogP contribution in [0, 0.1) is 16.9 Å². The first-order valence-corrected chi connectivity index (χ1v) is 22.5. The fourth-order valence-corrected chi connectivity index (χ4v) is 15.9. The van der Waals surface area contributed by atoms with Gasteiger partial charge in [-0.05, 0) is 106 Å². The second-order valence-corrected chi connectivity index (χ2v) is 23.5. The quantitative estimate of drug-likeness (QED) is 0.165. The summed E-state index contributed by atoms with van der Waals surface area (Å²) in [5.74, 6) is 5.06. The molecule has 1 amide bonds. The van der Waals surface area contributed by atoms with Crippen LogP contribution in [0.4, 0.5) is 10.6 Å². The highest BCUT2D eigenvalue weighted by atomic mass is 28.3. The van der Waals surface area contributed by atoms with Gasteiger partial charge in [-0.3, -0.25) is 4.90 Å². The molecule has 2 aliphatic heterocycles. The monoisotopic (exact) mass is 735 g/mol. The molecule has 0 radical (unpaired) electrons. The lowest BCUT2D eigenvalue weighted by molar-refractivity contribution is 0.101. The van der Waals surface area contributed by atoms with Crippen LogP contribution in [0.5, 0.6) is 6.01 Å². The van der Waals surface area contributed by atoms with Crippen molar-refractivity contribution >= 4 is 30.8 Å². The van der Waals surface area contributed by atoms with Gasteiger partial charge in [0, 0.05) is 41.6 Å². The van der Waals surface area contributed by atoms with Gasteiger partial charge in [-0.25, -0.2) is 4.79 Å². The fraction of sp³-hybridized carbons (Fsp3) is 0.614. The van der Waals surface area contributed by atoms with Crippen LogP contribution in [0.2, 0.25) is 16.6 Å². The number of rotatable bonds is 10. The van der Waals surface area contributed by atoms with E-state index in [-0.39, 0.29) is 29.5 Å². The van der Waals surface area contributed by atoms with Gasteiger partial charge in [-0.1, -0.05) is 77.8 Å². The Bertz CT molecular complexity index is 1870. The Hall–Kier alpha value is -3.61. The first kappa shape index (κ1) is 37.7. The maximum Gasteiger partial charge on any atom is 0.407 e. The maximum atomic E-state index is 12.2. The summed E-state index contributed by atoms with van der Waals surface area (Å²) in [6.45, 7) is 18.8. The second-order valence-electron chi connectivity index (χ2n) is 17.9. The number of hydrogen-bond donors (Lipinski definition) is 1. The molecule has 1 aromatic heterocycles. The van der Waals surface area contributed by atoms with Crippen LogP contribution < -0.4 is 9.64 Å². The number of benzene rings is 2. The predicted molar refractivity (Wildman–Crippen MR) is 218 cm³/mol. The molecule has 2 aromatic carbocycles. The zero-order valence-electron chi connectivity index (χ0n) is 33.6. The number of carboxylic acid groups (broad SMARTS) is 1. The molecular weight excluding hydrogens is 675 g/mol. The van der Waals surface area contributed by atoms with Gasteiger partial charge < -0.3 is 19.6 Å². The van der Waals surface area contributed by atoms with Crippen molar-refractivity contribution in [3.8, 4) is 17.5 Å². The Morgan fingerprint density at radius 3 is 2.19 bits per heavy atom. The summed E-state index contributed by atoms with van der Waals surface area (Å²) >= 11 is 0. The van der Waals surface area contributed by atoms with Gasteiger partial charge in [0.1, 0.15) is 20.0 Å². The largest absolute Gasteiger partial charge is 0.465 e. The third-order valence-electron chi connectivity index (χ3n) is 13.6. The van der Waals surface area contributed by atoms with E-state index in [0.29, 0.717) is 35.7 Å². The van der Waals surface area contributed by atoms with Gasteiger partial charge in [0.05, 0.1) is 17.8 Å². The topological polar surface area (TPSA) is 82.0 Å². The van der Waals surface area contributed by atoms with E-state index in [1.165, 1.54) is 21.9 Å². The van der Waals surface area contributed by atoms with Gasteiger partial charge in [0.2, 0.25) is 0 Å². The van der Waals surface area contributed by atoms with Gasteiger partial charge in [0.25, 0.3) is 0 Å². The van der Waals surface area contributed by atoms with Crippen molar-refractivity contribution < 1.29 is 14.6 Å². The van der Waals surface area contributed by atoms with Crippen LogP contribution in [0.3, 0.4) is 0 Å². The van der Waals surface area contributed by atoms with E-state index in [9.17, 15) is 9.90 Å². The average molecular weight is 736 g/mol. The number of fused-ring (bicyclic) bond motifs is 4. The van der Waals surface area contributed by atoms with Crippen molar-refractivity contribution in [3.63, 3.8) is 0 Å². The Balaban J connectivity index is 1.27. The Morgan fingerprint density at radius 1 is 0.962 bits per heavy atom. The minimum Gasteiger partial charge on any atom is -0.465 e. The number of nitrogens with zero attached hydrogens (tertiary/aromatic N) is 5. The number of carbonyl (C=O) groups is 1. The molecule has 2 bridgehead atoms. The molecule has 284 valence electrons. The summed E-state index contributed by atoms with van der Waals surface area (Å²) in [4.78, 5) is 28.9. The molecule has 1 saturated carbocycles. The van der Waals surface area contributed by atoms with E-state index in [1.54, 1.807) is 4.90 Å². The van der Waals surface area contributed by atoms with Crippen LogP contribution in [0.15, 0.2) is 36.4 Å². The number of hydrogen-bond acceptors (Lipinski definition) is 6. The van der Waals surface area contributed by atoms with Crippen LogP contribution in [-0.4, -0.2) is 91.0 Å². The smallest absolute Gasteiger partial charge is 0.407 e. The maximum absolute atomic E-state index is 12.2. The van der Waals surface area contributed by atoms with Crippen LogP contribution in [0.1, 0.15) is 109 Å². The molecule has 4 unspecified atom stereocenters. The Labute approximate surface area is 318 Å². The zero-order valence-corrected chi connectivity index (χ0v) is 34.6. The summed E-state index contributed by atoms with van der Waals surface area (Å²) in [5, 5.41) is 12.5. The lowest BCUT2D eigenvalue weighted by Gasteiger charge is -2.41. The molecule has 53 heavy (non-hydrogen) atoms. The van der Waals surface area contributed by atoms with Crippen LogP contribution in [-0.2, 0) is 12.8 Å². The summed E-state index contributed by atoms with van der Waals surface area (Å²) < 4.78 is 6.73. The first-order chi connectivity index (χ1) is 25.2. The molecule has 8 nitrogen and oxygen atoms in total. The van der Waals surface area contributed by atoms with E-state index in [1.807, 2.05) is 0 Å². The minimum absolute atomic E-state index is 0.00684. The molecule has 3 aromatic rings. The highest BCUT2D eigenvalue weighted by Gasteiger charge is 2.50. The van der Waals surface area contributed by atoms with E-state index in [4.69, 9.17) is 14.7 Å². The Morgan fingerprint density at radius 2 is 1.60 bits per heavy atom. The number of aromatic nitrogens is 2. The molecule has 0 spiro atoms. The predicted octanol–water partition coefficient (Wildman–Crippen LogP) is 8.91. The molecule has 9 heteroatoms. The van der Waals surface area contributed by atoms with Crippen molar-refractivity contribution in [2.45, 2.75) is 134 Å². The number of piperazine rings is 1. The summed E-state index contributed by atoms with van der Waals surface area (Å²) in [7, 11) is 2.35. The van der Waals surface area contributed by atoms with E-state index in [0.717, 1.165) is 68.6 Å². The molecule has 4 atom stereocenters. The molecule has 3 heterocycles. The SMILES string of the molecule is CC(Oc1nc2c(c(N3CC4CCC(C3)N4C(=O)O)n1)CCC(c1cccc3cccc(C#C[Si](C(C)C)(C(C)C)C(C)C)c13)C2)C1(CN(C)C)CC1. The van der Waals surface area contributed by atoms with Crippen LogP contribution in [0.25, 0.3) is 10.8 Å². The molecule has 3 fully saturated rings. The van der Waals surface area contributed by atoms with E-state index >= 15 is 0 Å². The summed E-state index contributed by atoms with van der Waals surface area (Å²) in [5.41, 5.74) is 10.6. The van der Waals surface area contributed by atoms with Crippen molar-refractivity contribution in [3.05, 3.63) is 58.8 Å². The Kier molecular flexibility index (Phi) is 10.4. The normalized spacial score (nSPS) is 22.7. The van der Waals surface area contributed by atoms with E-state index < -0.39 is 14.2 Å². The lowest BCUT2D eigenvalue weighted by atomic mass is 9.80. The van der Waals surface area contributed by atoms with E-state index in [2.05, 4.69) is 120 Å². The highest BCUT2D eigenvalue weighted by Crippen LogP contribution is 2.50. The van der Waals surface area contributed by atoms with Crippen molar-refractivity contribution in [2.24, 2.45) is 5.41 Å². The molecule has 2 saturated heterocycles. The third kappa shape index (κ3) is 6.95. The van der Waals surface area contributed by atoms with Gasteiger partial charge in [-0.2, -0.15) is 9.97 Å². The summed E-state index contributed by atoms with van der Waals surface area (Å²) in [6.07, 6.45) is 5.97. The molecule has 4 aliphatic rings. The number of amides is 1. The second kappa shape index (κ2) is 14.6. The first-order valence-electron chi connectivity index (χ1n) is 20.3. The number of ether oxygens (including phenoxy) is 1. The van der Waals surface area contributed by atoms with Crippen LogP contribution >= 0.6 is 0 Å². The van der Waals surface area contributed by atoms with Crippen molar-refractivity contribution in [2.75, 3.05) is 38.6 Å². The van der Waals surface area contributed by atoms with Gasteiger partial charge in [-0.15, -0.1) is 5.54 Å². The fourth-order valence-electron chi connectivity index (χ4n) is 10.7. The zero-order chi connectivity index (χ0) is 37.8. The average Bonchev–Trinajstić information content (AvgIpc) is 3.83. The molecular formula is C44H61N5O3Si. The van der Waals surface area contributed by atoms with Gasteiger partial charge >= 0.3 is 12.1 Å². The molecule has 1 N–H and O–H groups in total. The standard InChI is InChI=1S/C44H61N5O3Si/c1-28(2)53(29(3)4,30(5)6)23-20-33-13-10-12-32-14-11-15-37(40(32)33)34-16-19-38-39(24-34)45-42(52-31(7)44(21-22-44)27-47(8)9)46-41(38)48-25-35-17-18-36(26-48)49(35)43(50)51/h10-15,28-31,34-36H,16-19,21-22,24-27H2,1-9H3,(H,50,51). The lowest BCUT2D eigenvalue weighted by Crippen LogP contribution is -2.56. The minimum atomic E-state index is -1.91. The number of anilines is 1. The third-order valence-corrected chi connectivity index (χ3v) is 19.8. The summed E-state index contributed by atoms with van der Waals surface area (Å²) in [6, 6.07) is 13.8. The van der Waals surface area contributed by atoms with Crippen molar-refractivity contribution in [1.29, 1.82) is 0 Å².